The third-order valence-corrected chi connectivity index (χ3v) is 3.92. The Balaban J connectivity index is 1.77. The van der Waals surface area contributed by atoms with Gasteiger partial charge in [-0.1, -0.05) is 12.1 Å². The number of aromatic nitrogens is 2. The van der Waals surface area contributed by atoms with Crippen LogP contribution in [0.3, 0.4) is 0 Å². The number of fused-ring (bicyclic) bond motifs is 1. The summed E-state index contributed by atoms with van der Waals surface area (Å²) in [7, 11) is 0. The molecule has 0 aliphatic heterocycles. The molecule has 0 amide bonds. The summed E-state index contributed by atoms with van der Waals surface area (Å²) in [5.41, 5.74) is 1.59. The number of rotatable bonds is 4. The van der Waals surface area contributed by atoms with Crippen molar-refractivity contribution in [3.63, 3.8) is 0 Å². The van der Waals surface area contributed by atoms with Crippen LogP contribution in [0.15, 0.2) is 30.6 Å². The Bertz CT molecular complexity index is 658. The summed E-state index contributed by atoms with van der Waals surface area (Å²) in [6.07, 6.45) is 4.57. The first-order chi connectivity index (χ1) is 10.1. The van der Waals surface area contributed by atoms with Crippen LogP contribution in [0, 0.1) is 5.82 Å². The number of benzene rings is 1. The molecule has 4 nitrogen and oxygen atoms in total. The van der Waals surface area contributed by atoms with E-state index in [-0.39, 0.29) is 12.4 Å². The standard InChI is InChI=1S/C16H18FN3O/c1-16(21,11-4-2-5-12(17)8-11)9-18-15-13-6-3-7-14(13)19-10-20-15/h2,4-5,8,10,21H,3,6-7,9H2,1H3,(H,18,19,20). The van der Waals surface area contributed by atoms with Crippen LogP contribution in [0.2, 0.25) is 0 Å². The maximum Gasteiger partial charge on any atom is 0.132 e. The number of hydrogen-bond donors (Lipinski definition) is 2. The lowest BCUT2D eigenvalue weighted by molar-refractivity contribution is 0.0711. The molecular weight excluding hydrogens is 269 g/mol. The average molecular weight is 287 g/mol. The van der Waals surface area contributed by atoms with Crippen molar-refractivity contribution in [2.24, 2.45) is 0 Å². The van der Waals surface area contributed by atoms with Gasteiger partial charge in [0, 0.05) is 17.8 Å². The third kappa shape index (κ3) is 2.88. The lowest BCUT2D eigenvalue weighted by Crippen LogP contribution is -2.31. The van der Waals surface area contributed by atoms with Crippen molar-refractivity contribution in [2.45, 2.75) is 31.8 Å². The van der Waals surface area contributed by atoms with E-state index in [0.29, 0.717) is 5.56 Å². The minimum atomic E-state index is -1.17. The summed E-state index contributed by atoms with van der Waals surface area (Å²) in [6, 6.07) is 6.03. The normalized spacial score (nSPS) is 16.3. The fourth-order valence-electron chi connectivity index (χ4n) is 2.69. The smallest absolute Gasteiger partial charge is 0.132 e. The summed E-state index contributed by atoms with van der Waals surface area (Å²) < 4.78 is 13.3. The Hall–Kier alpha value is -2.01. The summed E-state index contributed by atoms with van der Waals surface area (Å²) >= 11 is 0. The van der Waals surface area contributed by atoms with Gasteiger partial charge < -0.3 is 10.4 Å². The summed E-state index contributed by atoms with van der Waals surface area (Å²) in [5, 5.41) is 13.7. The Morgan fingerprint density at radius 2 is 2.19 bits per heavy atom. The number of aryl methyl sites for hydroxylation is 1. The van der Waals surface area contributed by atoms with Gasteiger partial charge >= 0.3 is 0 Å². The minimum Gasteiger partial charge on any atom is -0.384 e. The van der Waals surface area contributed by atoms with Gasteiger partial charge in [-0.3, -0.25) is 0 Å². The molecule has 0 radical (unpaired) electrons. The van der Waals surface area contributed by atoms with Crippen molar-refractivity contribution in [3.05, 3.63) is 53.2 Å². The number of nitrogens with zero attached hydrogens (tertiary/aromatic N) is 2. The quantitative estimate of drug-likeness (QED) is 0.906. The predicted molar refractivity (Wildman–Crippen MR) is 78.5 cm³/mol. The molecule has 0 fully saturated rings. The van der Waals surface area contributed by atoms with Gasteiger partial charge in [0.2, 0.25) is 0 Å². The fraction of sp³-hybridized carbons (Fsp3) is 0.375. The Morgan fingerprint density at radius 3 is 3.00 bits per heavy atom. The van der Waals surface area contributed by atoms with E-state index < -0.39 is 5.60 Å². The molecule has 21 heavy (non-hydrogen) atoms. The van der Waals surface area contributed by atoms with Gasteiger partial charge in [0.05, 0.1) is 0 Å². The molecule has 2 N–H and O–H groups in total. The Labute approximate surface area is 123 Å². The molecule has 1 unspecified atom stereocenters. The summed E-state index contributed by atoms with van der Waals surface area (Å²) in [5.74, 6) is 0.421. The molecule has 1 aliphatic rings. The minimum absolute atomic E-state index is 0.264. The van der Waals surface area contributed by atoms with Crippen LogP contribution in [0.5, 0.6) is 0 Å². The zero-order valence-corrected chi connectivity index (χ0v) is 11.9. The molecule has 1 aliphatic carbocycles. The number of nitrogens with one attached hydrogen (secondary N) is 1. The molecule has 110 valence electrons. The van der Waals surface area contributed by atoms with E-state index in [0.717, 1.165) is 36.3 Å². The van der Waals surface area contributed by atoms with Crippen molar-refractivity contribution >= 4 is 5.82 Å². The summed E-state index contributed by atoms with van der Waals surface area (Å²) in [6.45, 7) is 1.93. The molecule has 2 aromatic rings. The number of aliphatic hydroxyl groups is 1. The highest BCUT2D eigenvalue weighted by Crippen LogP contribution is 2.27. The fourth-order valence-corrected chi connectivity index (χ4v) is 2.69. The molecule has 1 atom stereocenters. The lowest BCUT2D eigenvalue weighted by Gasteiger charge is -2.25. The van der Waals surface area contributed by atoms with Crippen molar-refractivity contribution in [1.29, 1.82) is 0 Å². The zero-order valence-electron chi connectivity index (χ0n) is 11.9. The Kier molecular flexibility index (Phi) is 3.59. The highest BCUT2D eigenvalue weighted by molar-refractivity contribution is 5.48. The number of halogens is 1. The summed E-state index contributed by atoms with van der Waals surface area (Å²) in [4.78, 5) is 8.53. The molecule has 0 bridgehead atoms. The van der Waals surface area contributed by atoms with E-state index in [1.165, 1.54) is 12.1 Å². The van der Waals surface area contributed by atoms with Crippen molar-refractivity contribution < 1.29 is 9.50 Å². The molecule has 1 heterocycles. The first kappa shape index (κ1) is 13.9. The average Bonchev–Trinajstić information content (AvgIpc) is 2.94. The topological polar surface area (TPSA) is 58.0 Å². The first-order valence-electron chi connectivity index (χ1n) is 7.11. The molecule has 5 heteroatoms. The van der Waals surface area contributed by atoms with Crippen LogP contribution in [-0.4, -0.2) is 21.6 Å². The highest BCUT2D eigenvalue weighted by atomic mass is 19.1. The number of hydrogen-bond acceptors (Lipinski definition) is 4. The van der Waals surface area contributed by atoms with Crippen LogP contribution in [0.25, 0.3) is 0 Å². The molecule has 0 saturated carbocycles. The molecule has 3 rings (SSSR count). The van der Waals surface area contributed by atoms with E-state index in [1.807, 2.05) is 0 Å². The van der Waals surface area contributed by atoms with Gasteiger partial charge in [0.15, 0.2) is 0 Å². The van der Waals surface area contributed by atoms with Crippen molar-refractivity contribution in [1.82, 2.24) is 9.97 Å². The zero-order chi connectivity index (χ0) is 14.9. The van der Waals surface area contributed by atoms with Gasteiger partial charge in [-0.2, -0.15) is 0 Å². The number of anilines is 1. The molecule has 0 spiro atoms. The SMILES string of the molecule is CC(O)(CNc1ncnc2c1CCC2)c1cccc(F)c1. The van der Waals surface area contributed by atoms with E-state index in [4.69, 9.17) is 0 Å². The van der Waals surface area contributed by atoms with Crippen LogP contribution in [0.1, 0.15) is 30.2 Å². The molecular formula is C16H18FN3O. The van der Waals surface area contributed by atoms with Gasteiger partial charge in [0.25, 0.3) is 0 Å². The first-order valence-corrected chi connectivity index (χ1v) is 7.11. The molecule has 0 saturated heterocycles. The molecule has 1 aromatic carbocycles. The second-order valence-electron chi connectivity index (χ2n) is 5.64. The van der Waals surface area contributed by atoms with Crippen LogP contribution < -0.4 is 5.32 Å². The van der Waals surface area contributed by atoms with E-state index in [9.17, 15) is 9.50 Å². The van der Waals surface area contributed by atoms with Crippen molar-refractivity contribution in [2.75, 3.05) is 11.9 Å². The van der Waals surface area contributed by atoms with Crippen LogP contribution >= 0.6 is 0 Å². The Morgan fingerprint density at radius 1 is 1.33 bits per heavy atom. The third-order valence-electron chi connectivity index (χ3n) is 3.92. The van der Waals surface area contributed by atoms with Gasteiger partial charge in [0.1, 0.15) is 23.6 Å². The highest BCUT2D eigenvalue weighted by Gasteiger charge is 2.25. The van der Waals surface area contributed by atoms with Crippen molar-refractivity contribution in [3.8, 4) is 0 Å². The molecule has 1 aromatic heterocycles. The predicted octanol–water partition coefficient (Wildman–Crippen LogP) is 2.42. The van der Waals surface area contributed by atoms with Gasteiger partial charge in [-0.15, -0.1) is 0 Å². The maximum absolute atomic E-state index is 13.3. The van der Waals surface area contributed by atoms with Gasteiger partial charge in [-0.25, -0.2) is 14.4 Å². The van der Waals surface area contributed by atoms with Gasteiger partial charge in [-0.05, 0) is 43.9 Å². The van der Waals surface area contributed by atoms with Crippen LogP contribution in [-0.2, 0) is 18.4 Å². The largest absolute Gasteiger partial charge is 0.384 e. The van der Waals surface area contributed by atoms with Crippen LogP contribution in [0.4, 0.5) is 10.2 Å². The monoisotopic (exact) mass is 287 g/mol. The lowest BCUT2D eigenvalue weighted by atomic mass is 9.96. The van der Waals surface area contributed by atoms with E-state index in [1.54, 1.807) is 25.4 Å². The van der Waals surface area contributed by atoms with E-state index in [2.05, 4.69) is 15.3 Å². The second-order valence-corrected chi connectivity index (χ2v) is 5.64. The second kappa shape index (κ2) is 5.41. The maximum atomic E-state index is 13.3. The van der Waals surface area contributed by atoms with E-state index >= 15 is 0 Å².